The molecule has 1 aromatic rings. The van der Waals surface area contributed by atoms with Crippen molar-refractivity contribution in [1.29, 1.82) is 0 Å². The third-order valence-electron chi connectivity index (χ3n) is 3.08. The topological polar surface area (TPSA) is 33.7 Å². The van der Waals surface area contributed by atoms with Gasteiger partial charge in [0, 0.05) is 40.5 Å². The molecule has 20 heavy (non-hydrogen) atoms. The Labute approximate surface area is 120 Å². The summed E-state index contributed by atoms with van der Waals surface area (Å²) in [7, 11) is 5.17. The number of ether oxygens (including phenoxy) is 2. The first kappa shape index (κ1) is 16.9. The number of nitrogens with zero attached hydrogens (tertiary/aromatic N) is 1. The van der Waals surface area contributed by atoms with Crippen LogP contribution in [-0.4, -0.2) is 47.6 Å². The molecule has 1 N–H and O–H groups in total. The van der Waals surface area contributed by atoms with Gasteiger partial charge in [0.1, 0.15) is 5.82 Å². The van der Waals surface area contributed by atoms with Gasteiger partial charge < -0.3 is 19.7 Å². The Morgan fingerprint density at radius 1 is 1.15 bits per heavy atom. The van der Waals surface area contributed by atoms with Crippen LogP contribution < -0.4 is 10.2 Å². The summed E-state index contributed by atoms with van der Waals surface area (Å²) in [6.07, 6.45) is 0.859. The Balaban J connectivity index is 2.77. The normalized spacial score (nSPS) is 10.8. The van der Waals surface area contributed by atoms with Crippen LogP contribution in [0.15, 0.2) is 18.2 Å². The number of hydrogen-bond donors (Lipinski definition) is 1. The van der Waals surface area contributed by atoms with E-state index in [0.717, 1.165) is 18.5 Å². The average molecular weight is 284 g/mol. The van der Waals surface area contributed by atoms with E-state index >= 15 is 0 Å². The van der Waals surface area contributed by atoms with E-state index in [1.807, 2.05) is 24.1 Å². The highest BCUT2D eigenvalue weighted by molar-refractivity contribution is 5.49. The van der Waals surface area contributed by atoms with Crippen LogP contribution in [-0.2, 0) is 16.0 Å². The van der Waals surface area contributed by atoms with Crippen molar-refractivity contribution in [2.24, 2.45) is 0 Å². The molecule has 0 bridgehead atoms. The summed E-state index contributed by atoms with van der Waals surface area (Å²) in [6, 6.07) is 5.37. The van der Waals surface area contributed by atoms with E-state index in [4.69, 9.17) is 9.47 Å². The van der Waals surface area contributed by atoms with Gasteiger partial charge in [-0.15, -0.1) is 0 Å². The molecule has 0 saturated heterocycles. The average Bonchev–Trinajstić information content (AvgIpc) is 2.44. The molecule has 0 fully saturated rings. The molecule has 0 atom stereocenters. The van der Waals surface area contributed by atoms with Gasteiger partial charge in [-0.2, -0.15) is 0 Å². The predicted molar refractivity (Wildman–Crippen MR) is 79.7 cm³/mol. The molecule has 114 valence electrons. The van der Waals surface area contributed by atoms with Crippen molar-refractivity contribution in [3.63, 3.8) is 0 Å². The molecule has 0 heterocycles. The van der Waals surface area contributed by atoms with E-state index in [0.29, 0.717) is 32.0 Å². The molecule has 0 unspecified atom stereocenters. The Morgan fingerprint density at radius 3 is 2.50 bits per heavy atom. The molecule has 0 amide bonds. The standard InChI is InChI=1S/C15H25FN2O2/c1-17-12-13-5-6-15(14(16)11-13)18(8-10-20-3)7-4-9-19-2/h5-6,11,17H,4,7-10,12H2,1-3H3. The van der Waals surface area contributed by atoms with E-state index in [-0.39, 0.29) is 5.82 Å². The summed E-state index contributed by atoms with van der Waals surface area (Å²) in [6.45, 7) is 3.33. The van der Waals surface area contributed by atoms with E-state index in [1.54, 1.807) is 20.3 Å². The number of anilines is 1. The molecule has 4 nitrogen and oxygen atoms in total. The van der Waals surface area contributed by atoms with Gasteiger partial charge in [-0.05, 0) is 31.2 Å². The van der Waals surface area contributed by atoms with Crippen molar-refractivity contribution in [3.8, 4) is 0 Å². The fourth-order valence-electron chi connectivity index (χ4n) is 2.07. The summed E-state index contributed by atoms with van der Waals surface area (Å²) in [5, 5.41) is 3.02. The molecule has 0 aliphatic rings. The van der Waals surface area contributed by atoms with Gasteiger partial charge in [0.05, 0.1) is 12.3 Å². The lowest BCUT2D eigenvalue weighted by Crippen LogP contribution is -2.29. The van der Waals surface area contributed by atoms with Gasteiger partial charge in [-0.1, -0.05) is 6.07 Å². The first-order valence-electron chi connectivity index (χ1n) is 6.88. The second-order valence-electron chi connectivity index (χ2n) is 4.64. The molecule has 0 aliphatic carbocycles. The highest BCUT2D eigenvalue weighted by atomic mass is 19.1. The van der Waals surface area contributed by atoms with E-state index in [9.17, 15) is 4.39 Å². The van der Waals surface area contributed by atoms with Crippen LogP contribution in [0.25, 0.3) is 0 Å². The van der Waals surface area contributed by atoms with Crippen LogP contribution in [0.3, 0.4) is 0 Å². The minimum atomic E-state index is -0.189. The quantitative estimate of drug-likeness (QED) is 0.667. The van der Waals surface area contributed by atoms with E-state index in [1.165, 1.54) is 0 Å². The summed E-state index contributed by atoms with van der Waals surface area (Å²) in [5.74, 6) is -0.189. The zero-order chi connectivity index (χ0) is 14.8. The molecule has 5 heteroatoms. The van der Waals surface area contributed by atoms with Crippen molar-refractivity contribution < 1.29 is 13.9 Å². The van der Waals surface area contributed by atoms with Gasteiger partial charge in [-0.3, -0.25) is 0 Å². The summed E-state index contributed by atoms with van der Waals surface area (Å²) >= 11 is 0. The number of halogens is 1. The van der Waals surface area contributed by atoms with Crippen molar-refractivity contribution in [3.05, 3.63) is 29.6 Å². The second kappa shape index (κ2) is 9.69. The van der Waals surface area contributed by atoms with Crippen molar-refractivity contribution in [2.45, 2.75) is 13.0 Å². The van der Waals surface area contributed by atoms with Crippen LogP contribution in [0.5, 0.6) is 0 Å². The van der Waals surface area contributed by atoms with Crippen LogP contribution in [0.2, 0.25) is 0 Å². The van der Waals surface area contributed by atoms with Crippen molar-refractivity contribution >= 4 is 5.69 Å². The Hall–Kier alpha value is -1.17. The monoisotopic (exact) mass is 284 g/mol. The summed E-state index contributed by atoms with van der Waals surface area (Å²) < 4.78 is 24.4. The van der Waals surface area contributed by atoms with Crippen LogP contribution >= 0.6 is 0 Å². The molecule has 0 spiro atoms. The Bertz CT molecular complexity index is 388. The maximum atomic E-state index is 14.2. The number of methoxy groups -OCH3 is 2. The van der Waals surface area contributed by atoms with Crippen molar-refractivity contribution in [1.82, 2.24) is 5.32 Å². The van der Waals surface area contributed by atoms with Gasteiger partial charge in [0.2, 0.25) is 0 Å². The zero-order valence-electron chi connectivity index (χ0n) is 12.6. The number of nitrogens with one attached hydrogen (secondary N) is 1. The fraction of sp³-hybridized carbons (Fsp3) is 0.600. The second-order valence-corrected chi connectivity index (χ2v) is 4.64. The highest BCUT2D eigenvalue weighted by Crippen LogP contribution is 2.21. The maximum absolute atomic E-state index is 14.2. The van der Waals surface area contributed by atoms with Gasteiger partial charge in [-0.25, -0.2) is 4.39 Å². The van der Waals surface area contributed by atoms with Gasteiger partial charge in [0.15, 0.2) is 0 Å². The lowest BCUT2D eigenvalue weighted by molar-refractivity contribution is 0.191. The molecule has 0 aliphatic heterocycles. The SMILES string of the molecule is CNCc1ccc(N(CCCOC)CCOC)c(F)c1. The van der Waals surface area contributed by atoms with E-state index < -0.39 is 0 Å². The van der Waals surface area contributed by atoms with Gasteiger partial charge >= 0.3 is 0 Å². The zero-order valence-corrected chi connectivity index (χ0v) is 12.6. The molecule has 1 aromatic carbocycles. The predicted octanol–water partition coefficient (Wildman–Crippen LogP) is 2.03. The fourth-order valence-corrected chi connectivity index (χ4v) is 2.07. The van der Waals surface area contributed by atoms with Gasteiger partial charge in [0.25, 0.3) is 0 Å². The number of benzene rings is 1. The smallest absolute Gasteiger partial charge is 0.146 e. The molecule has 0 aromatic heterocycles. The maximum Gasteiger partial charge on any atom is 0.146 e. The number of rotatable bonds is 10. The highest BCUT2D eigenvalue weighted by Gasteiger charge is 2.11. The van der Waals surface area contributed by atoms with E-state index in [2.05, 4.69) is 5.32 Å². The third-order valence-corrected chi connectivity index (χ3v) is 3.08. The first-order valence-corrected chi connectivity index (χ1v) is 6.88. The largest absolute Gasteiger partial charge is 0.385 e. The van der Waals surface area contributed by atoms with Crippen molar-refractivity contribution in [2.75, 3.05) is 52.5 Å². The minimum absolute atomic E-state index is 0.189. The van der Waals surface area contributed by atoms with Crippen LogP contribution in [0.1, 0.15) is 12.0 Å². The lowest BCUT2D eigenvalue weighted by Gasteiger charge is -2.25. The third kappa shape index (κ3) is 5.45. The molecule has 1 rings (SSSR count). The first-order chi connectivity index (χ1) is 9.72. The molecular weight excluding hydrogens is 259 g/mol. The van der Waals surface area contributed by atoms with Crippen LogP contribution in [0.4, 0.5) is 10.1 Å². The Morgan fingerprint density at radius 2 is 1.90 bits per heavy atom. The Kier molecular flexibility index (Phi) is 8.18. The number of hydrogen-bond acceptors (Lipinski definition) is 4. The molecule has 0 radical (unpaired) electrons. The molecular formula is C15H25FN2O2. The summed E-state index contributed by atoms with van der Waals surface area (Å²) in [5.41, 5.74) is 1.57. The molecule has 0 saturated carbocycles. The summed E-state index contributed by atoms with van der Waals surface area (Å²) in [4.78, 5) is 2.00. The lowest BCUT2D eigenvalue weighted by atomic mass is 10.1. The minimum Gasteiger partial charge on any atom is -0.385 e. The van der Waals surface area contributed by atoms with Crippen LogP contribution in [0, 0.1) is 5.82 Å².